The van der Waals surface area contributed by atoms with Crippen molar-refractivity contribution in [1.82, 2.24) is 15.1 Å². The monoisotopic (exact) mass is 386 g/mol. The number of hydrogen-bond donors (Lipinski definition) is 1. The number of anilines is 1. The van der Waals surface area contributed by atoms with Crippen molar-refractivity contribution in [3.05, 3.63) is 39.9 Å². The molecule has 1 atom stereocenters. The minimum Gasteiger partial charge on any atom is -0.338 e. The van der Waals surface area contributed by atoms with Crippen LogP contribution in [0.4, 0.5) is 5.13 Å². The van der Waals surface area contributed by atoms with E-state index >= 15 is 0 Å². The van der Waals surface area contributed by atoms with Crippen LogP contribution in [0.1, 0.15) is 52.7 Å². The quantitative estimate of drug-likeness (QED) is 0.852. The van der Waals surface area contributed by atoms with Gasteiger partial charge in [-0.3, -0.25) is 9.59 Å². The van der Waals surface area contributed by atoms with Crippen LogP contribution in [0.3, 0.4) is 0 Å². The Hall–Kier alpha value is -2.28. The van der Waals surface area contributed by atoms with Gasteiger partial charge in [0.25, 0.3) is 5.91 Å². The Kier molecular flexibility index (Phi) is 6.21. The van der Waals surface area contributed by atoms with Crippen molar-refractivity contribution in [2.24, 2.45) is 5.92 Å². The molecule has 0 aliphatic carbocycles. The summed E-state index contributed by atoms with van der Waals surface area (Å²) < 4.78 is 0. The van der Waals surface area contributed by atoms with Crippen molar-refractivity contribution >= 4 is 28.3 Å². The predicted molar refractivity (Wildman–Crippen MR) is 107 cm³/mol. The number of carbonyl (C=O) groups excluding carboxylic acids is 2. The molecule has 1 N–H and O–H groups in total. The van der Waals surface area contributed by atoms with Crippen molar-refractivity contribution in [2.45, 2.75) is 46.5 Å². The van der Waals surface area contributed by atoms with Crippen LogP contribution in [0.5, 0.6) is 0 Å². The van der Waals surface area contributed by atoms with Crippen LogP contribution in [0.15, 0.2) is 18.2 Å². The van der Waals surface area contributed by atoms with Crippen LogP contribution in [0.25, 0.3) is 0 Å². The van der Waals surface area contributed by atoms with E-state index in [9.17, 15) is 9.59 Å². The van der Waals surface area contributed by atoms with E-state index in [4.69, 9.17) is 0 Å². The number of amides is 2. The highest BCUT2D eigenvalue weighted by molar-refractivity contribution is 7.15. The molecule has 1 saturated heterocycles. The zero-order valence-electron chi connectivity index (χ0n) is 16.1. The third-order valence-electron chi connectivity index (χ3n) is 4.71. The molecule has 27 heavy (non-hydrogen) atoms. The van der Waals surface area contributed by atoms with Gasteiger partial charge in [0, 0.05) is 25.1 Å². The number of nitrogens with one attached hydrogen (secondary N) is 1. The Morgan fingerprint density at radius 1 is 1.22 bits per heavy atom. The summed E-state index contributed by atoms with van der Waals surface area (Å²) >= 11 is 1.42. The van der Waals surface area contributed by atoms with Crippen molar-refractivity contribution in [1.29, 1.82) is 0 Å². The molecule has 2 amide bonds. The van der Waals surface area contributed by atoms with Crippen LogP contribution in [-0.2, 0) is 11.2 Å². The molecule has 0 saturated carbocycles. The smallest absolute Gasteiger partial charge is 0.253 e. The maximum absolute atomic E-state index is 12.9. The van der Waals surface area contributed by atoms with Gasteiger partial charge in [0.2, 0.25) is 11.0 Å². The number of benzene rings is 1. The van der Waals surface area contributed by atoms with Gasteiger partial charge in [-0.1, -0.05) is 35.5 Å². The molecule has 0 bridgehead atoms. The fourth-order valence-electron chi connectivity index (χ4n) is 3.48. The van der Waals surface area contributed by atoms with Gasteiger partial charge in [0.15, 0.2) is 0 Å². The van der Waals surface area contributed by atoms with Crippen LogP contribution in [0.2, 0.25) is 0 Å². The van der Waals surface area contributed by atoms with E-state index < -0.39 is 0 Å². The number of hydrogen-bond acceptors (Lipinski definition) is 5. The lowest BCUT2D eigenvalue weighted by molar-refractivity contribution is -0.121. The first kappa shape index (κ1) is 19.5. The van der Waals surface area contributed by atoms with Crippen molar-refractivity contribution in [2.75, 3.05) is 18.4 Å². The normalized spacial score (nSPS) is 17.0. The predicted octanol–water partition coefficient (Wildman–Crippen LogP) is 3.60. The molecule has 1 aliphatic rings. The van der Waals surface area contributed by atoms with E-state index in [0.29, 0.717) is 23.8 Å². The molecule has 1 aromatic carbocycles. The second-order valence-electron chi connectivity index (χ2n) is 7.21. The zero-order chi connectivity index (χ0) is 19.4. The molecule has 3 rings (SSSR count). The summed E-state index contributed by atoms with van der Waals surface area (Å²) in [6, 6.07) is 5.88. The second kappa shape index (κ2) is 8.61. The van der Waals surface area contributed by atoms with E-state index in [1.807, 2.05) is 26.0 Å². The lowest BCUT2D eigenvalue weighted by Crippen LogP contribution is -2.43. The van der Waals surface area contributed by atoms with Crippen molar-refractivity contribution in [3.8, 4) is 0 Å². The average Bonchev–Trinajstić information content (AvgIpc) is 3.07. The highest BCUT2D eigenvalue weighted by Gasteiger charge is 2.29. The van der Waals surface area contributed by atoms with Gasteiger partial charge in [0.1, 0.15) is 5.01 Å². The standard InChI is InChI=1S/C20H26N4O2S/c1-4-6-17-22-23-20(27-17)21-18(25)15-7-5-8-24(12-15)19(26)16-10-13(2)9-14(3)11-16/h9-11,15H,4-8,12H2,1-3H3,(H,21,23,25)/t15-/m0/s1. The van der Waals surface area contributed by atoms with E-state index in [0.717, 1.165) is 41.8 Å². The summed E-state index contributed by atoms with van der Waals surface area (Å²) in [4.78, 5) is 27.3. The molecular formula is C20H26N4O2S. The minimum atomic E-state index is -0.216. The van der Waals surface area contributed by atoms with Gasteiger partial charge < -0.3 is 10.2 Å². The molecule has 1 aromatic heterocycles. The molecule has 0 radical (unpaired) electrons. The number of aromatic nitrogens is 2. The molecular weight excluding hydrogens is 360 g/mol. The average molecular weight is 387 g/mol. The summed E-state index contributed by atoms with van der Waals surface area (Å²) in [5, 5.41) is 12.5. The number of rotatable bonds is 5. The molecule has 6 nitrogen and oxygen atoms in total. The summed E-state index contributed by atoms with van der Waals surface area (Å²) in [6.45, 7) is 7.20. The molecule has 0 unspecified atom stereocenters. The number of likely N-dealkylation sites (tertiary alicyclic amines) is 1. The SMILES string of the molecule is CCCc1nnc(NC(=O)[C@H]2CCCN(C(=O)c3cc(C)cc(C)c3)C2)s1. The first-order valence-electron chi connectivity index (χ1n) is 9.47. The first-order valence-corrected chi connectivity index (χ1v) is 10.3. The van der Waals surface area contributed by atoms with E-state index in [1.54, 1.807) is 4.90 Å². The van der Waals surface area contributed by atoms with Crippen molar-refractivity contribution in [3.63, 3.8) is 0 Å². The number of piperidine rings is 1. The molecule has 2 heterocycles. The third-order valence-corrected chi connectivity index (χ3v) is 5.61. The Morgan fingerprint density at radius 3 is 2.67 bits per heavy atom. The Morgan fingerprint density at radius 2 is 1.96 bits per heavy atom. The van der Waals surface area contributed by atoms with Gasteiger partial charge in [0.05, 0.1) is 5.92 Å². The topological polar surface area (TPSA) is 75.2 Å². The van der Waals surface area contributed by atoms with E-state index in [-0.39, 0.29) is 17.7 Å². The second-order valence-corrected chi connectivity index (χ2v) is 8.27. The van der Waals surface area contributed by atoms with Crippen LogP contribution >= 0.6 is 11.3 Å². The summed E-state index contributed by atoms with van der Waals surface area (Å²) in [5.74, 6) is -0.292. The van der Waals surface area contributed by atoms with Gasteiger partial charge in [-0.15, -0.1) is 10.2 Å². The van der Waals surface area contributed by atoms with E-state index in [1.165, 1.54) is 11.3 Å². The molecule has 7 heteroatoms. The van der Waals surface area contributed by atoms with Gasteiger partial charge in [-0.25, -0.2) is 0 Å². The molecule has 1 aliphatic heterocycles. The lowest BCUT2D eigenvalue weighted by atomic mass is 9.96. The fourth-order valence-corrected chi connectivity index (χ4v) is 4.33. The zero-order valence-corrected chi connectivity index (χ0v) is 16.9. The van der Waals surface area contributed by atoms with Crippen molar-refractivity contribution < 1.29 is 9.59 Å². The van der Waals surface area contributed by atoms with E-state index in [2.05, 4.69) is 28.5 Å². The first-order chi connectivity index (χ1) is 13.0. The summed E-state index contributed by atoms with van der Waals surface area (Å²) in [6.07, 6.45) is 3.48. The number of aryl methyl sites for hydroxylation is 3. The van der Waals surface area contributed by atoms with Gasteiger partial charge in [-0.2, -0.15) is 0 Å². The third kappa shape index (κ3) is 4.91. The molecule has 1 fully saturated rings. The maximum Gasteiger partial charge on any atom is 0.253 e. The summed E-state index contributed by atoms with van der Waals surface area (Å²) in [5.41, 5.74) is 2.84. The molecule has 2 aromatic rings. The van der Waals surface area contributed by atoms with Crippen LogP contribution in [-0.4, -0.2) is 40.0 Å². The highest BCUT2D eigenvalue weighted by Crippen LogP contribution is 2.23. The number of nitrogens with zero attached hydrogens (tertiary/aromatic N) is 3. The molecule has 0 spiro atoms. The highest BCUT2D eigenvalue weighted by atomic mass is 32.1. The Bertz CT molecular complexity index is 813. The largest absolute Gasteiger partial charge is 0.338 e. The minimum absolute atomic E-state index is 0.000414. The Balaban J connectivity index is 1.64. The number of carbonyl (C=O) groups is 2. The lowest BCUT2D eigenvalue weighted by Gasteiger charge is -2.32. The van der Waals surface area contributed by atoms with Crippen LogP contribution < -0.4 is 5.32 Å². The molecule has 144 valence electrons. The van der Waals surface area contributed by atoms with Gasteiger partial charge >= 0.3 is 0 Å². The maximum atomic E-state index is 12.9. The summed E-state index contributed by atoms with van der Waals surface area (Å²) in [7, 11) is 0. The van der Waals surface area contributed by atoms with Crippen LogP contribution in [0, 0.1) is 19.8 Å². The Labute approximate surface area is 164 Å². The fraction of sp³-hybridized carbons (Fsp3) is 0.500. The van der Waals surface area contributed by atoms with Gasteiger partial charge in [-0.05, 0) is 45.2 Å².